The molecular weight excluding hydrogens is 391 g/mol. The van der Waals surface area contributed by atoms with Crippen molar-refractivity contribution in [1.29, 1.82) is 0 Å². The molecule has 2 heterocycles. The van der Waals surface area contributed by atoms with Crippen molar-refractivity contribution in [3.63, 3.8) is 0 Å². The Kier molecular flexibility index (Phi) is 6.71. The van der Waals surface area contributed by atoms with Gasteiger partial charge in [0.25, 0.3) is 5.91 Å². The number of hydrogen-bond donors (Lipinski definition) is 1. The summed E-state index contributed by atoms with van der Waals surface area (Å²) < 4.78 is 11.0. The maximum Gasteiger partial charge on any atom is 0.251 e. The summed E-state index contributed by atoms with van der Waals surface area (Å²) >= 11 is 11.8. The highest BCUT2D eigenvalue weighted by molar-refractivity contribution is 6.35. The first-order chi connectivity index (χ1) is 13.0. The first-order valence-electron chi connectivity index (χ1n) is 8.57. The van der Waals surface area contributed by atoms with Gasteiger partial charge in [-0.05, 0) is 25.1 Å². The normalized spacial score (nSPS) is 14.1. The summed E-state index contributed by atoms with van der Waals surface area (Å²) in [5, 5.41) is 3.59. The van der Waals surface area contributed by atoms with Crippen molar-refractivity contribution in [3.05, 3.63) is 45.7 Å². The number of nitrogens with one attached hydrogen (secondary N) is 1. The SMILES string of the molecule is Cc1nc(OCCNC(=O)c2cc(Cl)cc(Cl)c2)cc(N2CCOCC2)n1. The maximum absolute atomic E-state index is 12.1. The van der Waals surface area contributed by atoms with E-state index in [4.69, 9.17) is 32.7 Å². The topological polar surface area (TPSA) is 76.6 Å². The monoisotopic (exact) mass is 410 g/mol. The van der Waals surface area contributed by atoms with E-state index in [9.17, 15) is 4.79 Å². The second-order valence-electron chi connectivity index (χ2n) is 5.97. The lowest BCUT2D eigenvalue weighted by Crippen LogP contribution is -2.37. The van der Waals surface area contributed by atoms with Crippen LogP contribution >= 0.6 is 23.2 Å². The Labute approximate surface area is 167 Å². The van der Waals surface area contributed by atoms with Gasteiger partial charge in [-0.1, -0.05) is 23.2 Å². The van der Waals surface area contributed by atoms with Crippen LogP contribution in [0, 0.1) is 6.92 Å². The number of rotatable bonds is 6. The number of aryl methyl sites for hydroxylation is 1. The van der Waals surface area contributed by atoms with Gasteiger partial charge < -0.3 is 19.7 Å². The Morgan fingerprint density at radius 2 is 1.89 bits per heavy atom. The Balaban J connectivity index is 1.52. The first-order valence-corrected chi connectivity index (χ1v) is 9.32. The molecule has 0 spiro atoms. The van der Waals surface area contributed by atoms with Crippen LogP contribution < -0.4 is 15.0 Å². The highest BCUT2D eigenvalue weighted by Crippen LogP contribution is 2.20. The van der Waals surface area contributed by atoms with Crippen molar-refractivity contribution in [2.24, 2.45) is 0 Å². The molecule has 7 nitrogen and oxygen atoms in total. The fraction of sp³-hybridized carbons (Fsp3) is 0.389. The zero-order valence-corrected chi connectivity index (χ0v) is 16.4. The summed E-state index contributed by atoms with van der Waals surface area (Å²) in [6.07, 6.45) is 0. The molecule has 0 saturated carbocycles. The number of anilines is 1. The molecule has 1 aromatic heterocycles. The van der Waals surface area contributed by atoms with Crippen LogP contribution in [0.2, 0.25) is 10.0 Å². The third-order valence-electron chi connectivity index (χ3n) is 3.90. The predicted molar refractivity (Wildman–Crippen MR) is 104 cm³/mol. The minimum Gasteiger partial charge on any atom is -0.476 e. The van der Waals surface area contributed by atoms with E-state index in [1.165, 1.54) is 0 Å². The van der Waals surface area contributed by atoms with E-state index in [-0.39, 0.29) is 12.5 Å². The van der Waals surface area contributed by atoms with E-state index in [0.717, 1.165) is 18.9 Å². The van der Waals surface area contributed by atoms with Gasteiger partial charge in [-0.25, -0.2) is 4.98 Å². The lowest BCUT2D eigenvalue weighted by molar-refractivity contribution is 0.0946. The molecule has 1 fully saturated rings. The molecule has 1 N–H and O–H groups in total. The molecule has 1 aliphatic heterocycles. The number of aromatic nitrogens is 2. The average Bonchev–Trinajstić information content (AvgIpc) is 2.64. The van der Waals surface area contributed by atoms with Gasteiger partial charge in [0.15, 0.2) is 0 Å². The molecule has 144 valence electrons. The van der Waals surface area contributed by atoms with Crippen LogP contribution in [0.5, 0.6) is 5.88 Å². The fourth-order valence-corrected chi connectivity index (χ4v) is 3.19. The molecule has 1 amide bonds. The number of morpholine rings is 1. The number of ether oxygens (including phenoxy) is 2. The van der Waals surface area contributed by atoms with Crippen LogP contribution in [0.1, 0.15) is 16.2 Å². The first kappa shape index (κ1) is 19.7. The summed E-state index contributed by atoms with van der Waals surface area (Å²) in [6, 6.07) is 6.50. The van der Waals surface area contributed by atoms with Crippen LogP contribution in [0.4, 0.5) is 5.82 Å². The van der Waals surface area contributed by atoms with E-state index >= 15 is 0 Å². The molecule has 0 aliphatic carbocycles. The predicted octanol–water partition coefficient (Wildman–Crippen LogP) is 2.74. The molecule has 1 aromatic carbocycles. The van der Waals surface area contributed by atoms with Crippen molar-refractivity contribution >= 4 is 34.9 Å². The average molecular weight is 411 g/mol. The van der Waals surface area contributed by atoms with E-state index in [0.29, 0.717) is 47.1 Å². The lowest BCUT2D eigenvalue weighted by Gasteiger charge is -2.28. The molecule has 0 radical (unpaired) electrons. The van der Waals surface area contributed by atoms with Gasteiger partial charge in [-0.2, -0.15) is 4.98 Å². The van der Waals surface area contributed by atoms with Gasteiger partial charge in [-0.3, -0.25) is 4.79 Å². The second kappa shape index (κ2) is 9.21. The van der Waals surface area contributed by atoms with E-state index in [2.05, 4.69) is 20.2 Å². The molecule has 1 saturated heterocycles. The summed E-state index contributed by atoms with van der Waals surface area (Å²) in [5.74, 6) is 1.66. The minimum atomic E-state index is -0.268. The molecule has 0 unspecified atom stereocenters. The molecule has 3 rings (SSSR count). The number of carbonyl (C=O) groups excluding carboxylic acids is 1. The van der Waals surface area contributed by atoms with Crippen molar-refractivity contribution in [2.75, 3.05) is 44.4 Å². The summed E-state index contributed by atoms with van der Waals surface area (Å²) in [5.41, 5.74) is 0.403. The Bertz CT molecular complexity index is 793. The molecule has 9 heteroatoms. The molecule has 0 bridgehead atoms. The summed E-state index contributed by atoms with van der Waals surface area (Å²) in [6.45, 7) is 5.35. The van der Waals surface area contributed by atoms with Crippen LogP contribution in [-0.4, -0.2) is 55.3 Å². The number of nitrogens with zero attached hydrogens (tertiary/aromatic N) is 3. The van der Waals surface area contributed by atoms with Gasteiger partial charge in [0, 0.05) is 34.8 Å². The summed E-state index contributed by atoms with van der Waals surface area (Å²) in [7, 11) is 0. The van der Waals surface area contributed by atoms with E-state index in [1.54, 1.807) is 24.3 Å². The van der Waals surface area contributed by atoms with Gasteiger partial charge in [0.1, 0.15) is 18.2 Å². The third kappa shape index (κ3) is 5.69. The number of amides is 1. The van der Waals surface area contributed by atoms with Gasteiger partial charge in [0.05, 0.1) is 19.8 Å². The van der Waals surface area contributed by atoms with Gasteiger partial charge in [-0.15, -0.1) is 0 Å². The van der Waals surface area contributed by atoms with Crippen LogP contribution in [-0.2, 0) is 4.74 Å². The zero-order chi connectivity index (χ0) is 19.2. The molecular formula is C18H20Cl2N4O3. The number of hydrogen-bond acceptors (Lipinski definition) is 6. The van der Waals surface area contributed by atoms with E-state index in [1.807, 2.05) is 6.92 Å². The van der Waals surface area contributed by atoms with Crippen molar-refractivity contribution in [3.8, 4) is 5.88 Å². The molecule has 0 atom stereocenters. The maximum atomic E-state index is 12.1. The van der Waals surface area contributed by atoms with Crippen LogP contribution in [0.3, 0.4) is 0 Å². The lowest BCUT2D eigenvalue weighted by atomic mass is 10.2. The molecule has 1 aliphatic rings. The Hall–Kier alpha value is -2.09. The van der Waals surface area contributed by atoms with Crippen LogP contribution in [0.25, 0.3) is 0 Å². The van der Waals surface area contributed by atoms with Crippen molar-refractivity contribution < 1.29 is 14.3 Å². The Morgan fingerprint density at radius 3 is 2.59 bits per heavy atom. The third-order valence-corrected chi connectivity index (χ3v) is 4.33. The van der Waals surface area contributed by atoms with Crippen molar-refractivity contribution in [1.82, 2.24) is 15.3 Å². The highest BCUT2D eigenvalue weighted by atomic mass is 35.5. The minimum absolute atomic E-state index is 0.268. The number of halogens is 2. The van der Waals surface area contributed by atoms with E-state index < -0.39 is 0 Å². The van der Waals surface area contributed by atoms with Gasteiger partial charge >= 0.3 is 0 Å². The second-order valence-corrected chi connectivity index (χ2v) is 6.85. The number of benzene rings is 1. The smallest absolute Gasteiger partial charge is 0.251 e. The molecule has 2 aromatic rings. The zero-order valence-electron chi connectivity index (χ0n) is 14.9. The fourth-order valence-electron chi connectivity index (χ4n) is 2.66. The van der Waals surface area contributed by atoms with Gasteiger partial charge in [0.2, 0.25) is 5.88 Å². The quantitative estimate of drug-likeness (QED) is 0.737. The van der Waals surface area contributed by atoms with Crippen molar-refractivity contribution in [2.45, 2.75) is 6.92 Å². The largest absolute Gasteiger partial charge is 0.476 e. The van der Waals surface area contributed by atoms with Crippen LogP contribution in [0.15, 0.2) is 24.3 Å². The molecule has 27 heavy (non-hydrogen) atoms. The summed E-state index contributed by atoms with van der Waals surface area (Å²) in [4.78, 5) is 23.0. The standard InChI is InChI=1S/C18H20Cl2N4O3/c1-12-22-16(24-3-6-26-7-4-24)11-17(23-12)27-5-2-21-18(25)13-8-14(19)10-15(20)9-13/h8-11H,2-7H2,1H3,(H,21,25). The number of carbonyl (C=O) groups is 1. The highest BCUT2D eigenvalue weighted by Gasteiger charge is 2.14. The Morgan fingerprint density at radius 1 is 1.19 bits per heavy atom.